The number of para-hydroxylation sites is 4. The number of anilines is 1. The number of hydrogen-bond donors (Lipinski definition) is 1. The molecule has 0 unspecified atom stereocenters. The Morgan fingerprint density at radius 1 is 0.893 bits per heavy atom. The summed E-state index contributed by atoms with van der Waals surface area (Å²) in [5, 5.41) is 2.94. The van der Waals surface area contributed by atoms with Crippen LogP contribution in [0, 0.1) is 0 Å². The number of methoxy groups -OCH3 is 1. The highest BCUT2D eigenvalue weighted by molar-refractivity contribution is 6.06. The molecule has 0 radical (unpaired) electrons. The highest BCUT2D eigenvalue weighted by atomic mass is 16.5. The molecule has 6 nitrogen and oxygen atoms in total. The minimum absolute atomic E-state index is 0.270. The Hall–Kier alpha value is -3.93. The van der Waals surface area contributed by atoms with Gasteiger partial charge in [-0.1, -0.05) is 24.3 Å². The van der Waals surface area contributed by atoms with Gasteiger partial charge in [-0.05, 0) is 48.5 Å². The second kappa shape index (κ2) is 7.36. The number of rotatable bonds is 4. The molecule has 138 valence electrons. The predicted octanol–water partition coefficient (Wildman–Crippen LogP) is 4.06. The van der Waals surface area contributed by atoms with Crippen molar-refractivity contribution in [1.82, 2.24) is 9.55 Å². The van der Waals surface area contributed by atoms with Crippen molar-refractivity contribution >= 4 is 28.6 Å². The van der Waals surface area contributed by atoms with Crippen LogP contribution < -0.4 is 5.32 Å². The van der Waals surface area contributed by atoms with Crippen LogP contribution >= 0.6 is 0 Å². The van der Waals surface area contributed by atoms with Crippen LogP contribution in [0.5, 0.6) is 0 Å². The van der Waals surface area contributed by atoms with Crippen LogP contribution in [0.4, 0.5) is 5.69 Å². The molecule has 0 aliphatic carbocycles. The van der Waals surface area contributed by atoms with E-state index in [4.69, 9.17) is 0 Å². The van der Waals surface area contributed by atoms with Crippen molar-refractivity contribution in [3.05, 3.63) is 90.3 Å². The maximum Gasteiger partial charge on any atom is 0.337 e. The number of esters is 1. The molecule has 0 atom stereocenters. The number of amides is 1. The third-order valence-electron chi connectivity index (χ3n) is 4.43. The second-order valence-corrected chi connectivity index (χ2v) is 6.14. The first-order chi connectivity index (χ1) is 13.7. The fourth-order valence-corrected chi connectivity index (χ4v) is 3.01. The summed E-state index contributed by atoms with van der Waals surface area (Å²) in [5.41, 5.74) is 4.14. The van der Waals surface area contributed by atoms with Gasteiger partial charge in [-0.25, -0.2) is 9.78 Å². The third-order valence-corrected chi connectivity index (χ3v) is 4.43. The standard InChI is InChI=1S/C22H17N3O3/c1-28-22(27)16-12-10-15(11-13-16)21(26)24-18-7-3-5-9-20(18)25-14-23-17-6-2-4-8-19(17)25/h2-14H,1H3,(H,24,26). The molecule has 0 spiro atoms. The molecule has 1 heterocycles. The van der Waals surface area contributed by atoms with Crippen molar-refractivity contribution in [3.8, 4) is 5.69 Å². The maximum absolute atomic E-state index is 12.7. The fraction of sp³-hybridized carbons (Fsp3) is 0.0455. The number of nitrogens with one attached hydrogen (secondary N) is 1. The van der Waals surface area contributed by atoms with Crippen molar-refractivity contribution in [2.45, 2.75) is 0 Å². The Kier molecular flexibility index (Phi) is 4.60. The van der Waals surface area contributed by atoms with Gasteiger partial charge in [-0.3, -0.25) is 9.36 Å². The molecule has 0 aliphatic heterocycles. The number of hydrogen-bond acceptors (Lipinski definition) is 4. The number of ether oxygens (including phenoxy) is 1. The summed E-state index contributed by atoms with van der Waals surface area (Å²) in [5.74, 6) is -0.711. The fourth-order valence-electron chi connectivity index (χ4n) is 3.01. The number of carbonyl (C=O) groups excluding carboxylic acids is 2. The SMILES string of the molecule is COC(=O)c1ccc(C(=O)Nc2ccccc2-n2cnc3ccccc32)cc1. The van der Waals surface area contributed by atoms with Crippen molar-refractivity contribution in [2.75, 3.05) is 12.4 Å². The molecule has 1 aromatic heterocycles. The normalized spacial score (nSPS) is 10.6. The first kappa shape index (κ1) is 17.5. The molecule has 4 aromatic rings. The minimum atomic E-state index is -0.440. The minimum Gasteiger partial charge on any atom is -0.465 e. The summed E-state index contributed by atoms with van der Waals surface area (Å²) in [4.78, 5) is 28.6. The Bertz CT molecular complexity index is 1160. The lowest BCUT2D eigenvalue weighted by molar-refractivity contribution is 0.0600. The van der Waals surface area contributed by atoms with Gasteiger partial charge in [0, 0.05) is 5.56 Å². The van der Waals surface area contributed by atoms with E-state index in [9.17, 15) is 9.59 Å². The van der Waals surface area contributed by atoms with Crippen LogP contribution in [0.3, 0.4) is 0 Å². The summed E-state index contributed by atoms with van der Waals surface area (Å²) < 4.78 is 6.61. The first-order valence-corrected chi connectivity index (χ1v) is 8.68. The van der Waals surface area contributed by atoms with Crippen LogP contribution in [0.25, 0.3) is 16.7 Å². The molecule has 0 fully saturated rings. The second-order valence-electron chi connectivity index (χ2n) is 6.14. The lowest BCUT2D eigenvalue weighted by Crippen LogP contribution is -2.14. The Labute approximate surface area is 161 Å². The molecule has 4 rings (SSSR count). The Balaban J connectivity index is 1.64. The van der Waals surface area contributed by atoms with E-state index in [2.05, 4.69) is 15.0 Å². The van der Waals surface area contributed by atoms with E-state index < -0.39 is 5.97 Å². The lowest BCUT2D eigenvalue weighted by atomic mass is 10.1. The molecule has 1 amide bonds. The Morgan fingerprint density at radius 3 is 2.36 bits per heavy atom. The average Bonchev–Trinajstić information content (AvgIpc) is 3.17. The van der Waals surface area contributed by atoms with E-state index in [1.54, 1.807) is 30.6 Å². The van der Waals surface area contributed by atoms with Gasteiger partial charge in [-0.2, -0.15) is 0 Å². The van der Waals surface area contributed by atoms with Crippen molar-refractivity contribution in [3.63, 3.8) is 0 Å². The van der Waals surface area contributed by atoms with Gasteiger partial charge in [0.1, 0.15) is 6.33 Å². The summed E-state index contributed by atoms with van der Waals surface area (Å²) in [7, 11) is 1.32. The van der Waals surface area contributed by atoms with Crippen LogP contribution in [0.2, 0.25) is 0 Å². The molecule has 1 N–H and O–H groups in total. The quantitative estimate of drug-likeness (QED) is 0.549. The van der Waals surface area contributed by atoms with Gasteiger partial charge in [0.05, 0.1) is 35.1 Å². The zero-order valence-corrected chi connectivity index (χ0v) is 15.1. The van der Waals surface area contributed by atoms with Crippen molar-refractivity contribution in [1.29, 1.82) is 0 Å². The molecule has 0 saturated heterocycles. The van der Waals surface area contributed by atoms with Crippen LogP contribution in [-0.4, -0.2) is 28.5 Å². The summed E-state index contributed by atoms with van der Waals surface area (Å²) in [6.45, 7) is 0. The number of fused-ring (bicyclic) bond motifs is 1. The topological polar surface area (TPSA) is 73.2 Å². The van der Waals surface area contributed by atoms with Gasteiger partial charge in [0.15, 0.2) is 0 Å². The molecule has 3 aromatic carbocycles. The first-order valence-electron chi connectivity index (χ1n) is 8.68. The monoisotopic (exact) mass is 371 g/mol. The molecule has 6 heteroatoms. The van der Waals surface area contributed by atoms with Gasteiger partial charge in [0.25, 0.3) is 5.91 Å². The van der Waals surface area contributed by atoms with Gasteiger partial charge < -0.3 is 10.1 Å². The number of aromatic nitrogens is 2. The highest BCUT2D eigenvalue weighted by Crippen LogP contribution is 2.25. The summed E-state index contributed by atoms with van der Waals surface area (Å²) >= 11 is 0. The molecular weight excluding hydrogens is 354 g/mol. The van der Waals surface area contributed by atoms with Crippen LogP contribution in [0.15, 0.2) is 79.1 Å². The number of benzene rings is 3. The van der Waals surface area contributed by atoms with E-state index in [1.165, 1.54) is 7.11 Å². The smallest absolute Gasteiger partial charge is 0.337 e. The van der Waals surface area contributed by atoms with Crippen LogP contribution in [-0.2, 0) is 4.74 Å². The molecule has 0 aliphatic rings. The summed E-state index contributed by atoms with van der Waals surface area (Å²) in [6, 6.07) is 21.6. The van der Waals surface area contributed by atoms with E-state index in [0.717, 1.165) is 16.7 Å². The Morgan fingerprint density at radius 2 is 1.57 bits per heavy atom. The van der Waals surface area contributed by atoms with E-state index >= 15 is 0 Å². The molecule has 28 heavy (non-hydrogen) atoms. The maximum atomic E-state index is 12.7. The number of imidazole rings is 1. The van der Waals surface area contributed by atoms with Gasteiger partial charge in [-0.15, -0.1) is 0 Å². The van der Waals surface area contributed by atoms with Crippen LogP contribution in [0.1, 0.15) is 20.7 Å². The summed E-state index contributed by atoms with van der Waals surface area (Å²) in [6.07, 6.45) is 1.74. The van der Waals surface area contributed by atoms with E-state index in [0.29, 0.717) is 16.8 Å². The van der Waals surface area contributed by atoms with E-state index in [1.807, 2.05) is 53.1 Å². The third kappa shape index (κ3) is 3.23. The van der Waals surface area contributed by atoms with Gasteiger partial charge >= 0.3 is 5.97 Å². The lowest BCUT2D eigenvalue weighted by Gasteiger charge is -2.12. The average molecular weight is 371 g/mol. The zero-order chi connectivity index (χ0) is 19.5. The van der Waals surface area contributed by atoms with Crippen molar-refractivity contribution in [2.24, 2.45) is 0 Å². The molecular formula is C22H17N3O3. The number of carbonyl (C=O) groups is 2. The van der Waals surface area contributed by atoms with E-state index in [-0.39, 0.29) is 5.91 Å². The number of nitrogens with zero attached hydrogens (tertiary/aromatic N) is 2. The van der Waals surface area contributed by atoms with Crippen molar-refractivity contribution < 1.29 is 14.3 Å². The zero-order valence-electron chi connectivity index (χ0n) is 15.1. The molecule has 0 saturated carbocycles. The van der Waals surface area contributed by atoms with Gasteiger partial charge in [0.2, 0.25) is 0 Å². The highest BCUT2D eigenvalue weighted by Gasteiger charge is 2.13. The largest absolute Gasteiger partial charge is 0.465 e. The predicted molar refractivity (Wildman–Crippen MR) is 107 cm³/mol. The molecule has 0 bridgehead atoms.